The van der Waals surface area contributed by atoms with Crippen molar-refractivity contribution in [2.45, 2.75) is 27.7 Å². The summed E-state index contributed by atoms with van der Waals surface area (Å²) in [7, 11) is 0. The Morgan fingerprint density at radius 3 is 1.23 bits per heavy atom. The fraction of sp³-hybridized carbons (Fsp3) is 1.00. The normalized spacial score (nSPS) is 16.0. The zero-order valence-corrected chi connectivity index (χ0v) is 15.6. The summed E-state index contributed by atoms with van der Waals surface area (Å²) in [5.74, 6) is 0. The van der Waals surface area contributed by atoms with Crippen LogP contribution in [-0.2, 0) is 22.5 Å². The summed E-state index contributed by atoms with van der Waals surface area (Å²) in [4.78, 5) is 0. The molecular weight excluding hydrogens is 330 g/mol. The third-order valence-electron chi connectivity index (χ3n) is 4.50. The molecule has 10 heteroatoms. The lowest BCUT2D eigenvalue weighted by Gasteiger charge is -2.34. The first-order valence-electron chi connectivity index (χ1n) is 7.62. The number of likely N-dealkylation sites (N-methyl/N-ethyl adjacent to an activating group) is 2. The molecule has 2 atom stereocenters. The average molecular weight is 362 g/mol. The van der Waals surface area contributed by atoms with Crippen LogP contribution in [0.3, 0.4) is 0 Å². The first kappa shape index (κ1) is 22.1. The van der Waals surface area contributed by atoms with E-state index in [0.29, 0.717) is 39.3 Å². The second-order valence-electron chi connectivity index (χ2n) is 5.24. The molecule has 0 radical (unpaired) electrons. The van der Waals surface area contributed by atoms with Gasteiger partial charge in [-0.25, -0.2) is 7.78 Å². The second kappa shape index (κ2) is 10.0. The molecule has 0 saturated heterocycles. The van der Waals surface area contributed by atoms with E-state index in [1.807, 2.05) is 27.7 Å². The van der Waals surface area contributed by atoms with Gasteiger partial charge in [0, 0.05) is 0 Å². The van der Waals surface area contributed by atoms with Crippen LogP contribution in [-0.4, -0.2) is 87.9 Å². The van der Waals surface area contributed by atoms with Crippen molar-refractivity contribution in [2.75, 3.05) is 52.4 Å². The highest BCUT2D eigenvalue weighted by molar-refractivity contribution is 7.73. The van der Waals surface area contributed by atoms with Crippen molar-refractivity contribution in [3.8, 4) is 0 Å². The number of rotatable bonds is 12. The van der Waals surface area contributed by atoms with Crippen molar-refractivity contribution in [1.29, 1.82) is 0 Å². The summed E-state index contributed by atoms with van der Waals surface area (Å²) in [6.07, 6.45) is 0. The molecule has 0 heterocycles. The van der Waals surface area contributed by atoms with Gasteiger partial charge in [-0.15, -0.1) is 0 Å². The molecule has 134 valence electrons. The Morgan fingerprint density at radius 1 is 0.773 bits per heavy atom. The fourth-order valence-electron chi connectivity index (χ4n) is 2.38. The molecule has 0 rings (SSSR count). The van der Waals surface area contributed by atoms with Crippen LogP contribution in [0.4, 0.5) is 0 Å². The summed E-state index contributed by atoms with van der Waals surface area (Å²) in [5, 5.41) is 11.0. The molecule has 8 nitrogen and oxygen atoms in total. The number of hydrogen-bond acceptors (Lipinski definition) is 4. The summed E-state index contributed by atoms with van der Waals surface area (Å²) in [6, 6.07) is 0. The highest BCUT2D eigenvalue weighted by Crippen LogP contribution is 2.12. The molecule has 0 aliphatic carbocycles. The predicted molar refractivity (Wildman–Crippen MR) is 87.3 cm³/mol. The molecule has 3 N–H and O–H groups in total. The first-order valence-corrected chi connectivity index (χ1v) is 9.75. The van der Waals surface area contributed by atoms with E-state index in [1.165, 1.54) is 0 Å². The van der Waals surface area contributed by atoms with E-state index in [4.69, 9.17) is 0 Å². The molecule has 0 aromatic rings. The van der Waals surface area contributed by atoms with Gasteiger partial charge in [0.05, 0.1) is 39.3 Å². The van der Waals surface area contributed by atoms with Gasteiger partial charge in [0.25, 0.3) is 0 Å². The quantitative estimate of drug-likeness (QED) is 0.268. The number of hydrogen-bond donors (Lipinski definition) is 3. The van der Waals surface area contributed by atoms with Crippen LogP contribution in [0.5, 0.6) is 0 Å². The zero-order chi connectivity index (χ0) is 17.4. The van der Waals surface area contributed by atoms with Crippen LogP contribution in [0.2, 0.25) is 0 Å². The SMILES string of the molecule is CC[N+](CC)(CCN(O)CC[N+](CC)(CC)S(=O)O)S(=O)O. The van der Waals surface area contributed by atoms with E-state index in [2.05, 4.69) is 0 Å². The van der Waals surface area contributed by atoms with E-state index in [9.17, 15) is 22.7 Å². The van der Waals surface area contributed by atoms with Crippen LogP contribution < -0.4 is 0 Å². The third kappa shape index (κ3) is 5.60. The third-order valence-corrected chi connectivity index (χ3v) is 7.22. The van der Waals surface area contributed by atoms with E-state index in [0.717, 1.165) is 5.06 Å². The van der Waals surface area contributed by atoms with Crippen LogP contribution in [0.1, 0.15) is 27.7 Å². The summed E-state index contributed by atoms with van der Waals surface area (Å²) >= 11 is -4.01. The van der Waals surface area contributed by atoms with Gasteiger partial charge in [0.15, 0.2) is 0 Å². The number of hydroxylamine groups is 2. The summed E-state index contributed by atoms with van der Waals surface area (Å²) < 4.78 is 41.9. The van der Waals surface area contributed by atoms with E-state index >= 15 is 0 Å². The summed E-state index contributed by atoms with van der Waals surface area (Å²) in [5.41, 5.74) is 0. The molecule has 2 unspecified atom stereocenters. The second-order valence-corrected chi connectivity index (χ2v) is 7.72. The molecular formula is C12H31N3O5S2+2. The zero-order valence-electron chi connectivity index (χ0n) is 14.0. The van der Waals surface area contributed by atoms with Gasteiger partial charge in [-0.05, 0) is 27.7 Å². The van der Waals surface area contributed by atoms with Gasteiger partial charge in [0.1, 0.15) is 13.1 Å². The molecule has 0 saturated carbocycles. The monoisotopic (exact) mass is 361 g/mol. The maximum absolute atomic E-state index is 11.5. The van der Waals surface area contributed by atoms with Crippen molar-refractivity contribution in [1.82, 2.24) is 5.06 Å². The van der Waals surface area contributed by atoms with Gasteiger partial charge in [0.2, 0.25) is 0 Å². The van der Waals surface area contributed by atoms with Gasteiger partial charge in [-0.3, -0.25) is 9.11 Å². The van der Waals surface area contributed by atoms with Crippen molar-refractivity contribution in [3.05, 3.63) is 0 Å². The van der Waals surface area contributed by atoms with Crippen molar-refractivity contribution >= 4 is 22.5 Å². The molecule has 0 aliphatic heterocycles. The average Bonchev–Trinajstić information content (AvgIpc) is 2.49. The van der Waals surface area contributed by atoms with Crippen molar-refractivity contribution in [2.24, 2.45) is 0 Å². The molecule has 0 amide bonds. The molecule has 0 aromatic carbocycles. The maximum atomic E-state index is 11.5. The standard InChI is InChI=1S/C12H29N3O5S2/c1-5-14(6-2,21(17)18)11-9-13(16)10-12-15(7-3,8-4)22(19)20/h16H,5-12H2,1-4H3/p+2. The van der Waals surface area contributed by atoms with E-state index in [1.54, 1.807) is 0 Å². The highest BCUT2D eigenvalue weighted by Gasteiger charge is 2.33. The highest BCUT2D eigenvalue weighted by atomic mass is 32.2. The van der Waals surface area contributed by atoms with Crippen molar-refractivity contribution in [3.63, 3.8) is 0 Å². The van der Waals surface area contributed by atoms with E-state index in [-0.39, 0.29) is 20.9 Å². The molecule has 0 spiro atoms. The van der Waals surface area contributed by atoms with Crippen LogP contribution in [0.25, 0.3) is 0 Å². The number of nitrogens with zero attached hydrogens (tertiary/aromatic N) is 3. The lowest BCUT2D eigenvalue weighted by molar-refractivity contribution is -0.806. The Labute approximate surface area is 138 Å². The molecule has 0 bridgehead atoms. The van der Waals surface area contributed by atoms with Crippen LogP contribution in [0, 0.1) is 0 Å². The smallest absolute Gasteiger partial charge is 0.314 e. The Morgan fingerprint density at radius 2 is 1.05 bits per heavy atom. The van der Waals surface area contributed by atoms with Crippen LogP contribution >= 0.6 is 0 Å². The molecule has 0 fully saturated rings. The largest absolute Gasteiger partial charge is 0.358 e. The molecule has 22 heavy (non-hydrogen) atoms. The lowest BCUT2D eigenvalue weighted by Crippen LogP contribution is -2.54. The minimum atomic E-state index is -2.00. The lowest BCUT2D eigenvalue weighted by atomic mass is 10.4. The Kier molecular flexibility index (Phi) is 10.1. The van der Waals surface area contributed by atoms with Gasteiger partial charge in [-0.1, -0.05) is 0 Å². The first-order chi connectivity index (χ1) is 10.2. The minimum absolute atomic E-state index is 0.00451. The Balaban J connectivity index is 4.60. The van der Waals surface area contributed by atoms with Gasteiger partial charge >= 0.3 is 22.5 Å². The maximum Gasteiger partial charge on any atom is 0.358 e. The fourth-order valence-corrected chi connectivity index (χ4v) is 3.74. The van der Waals surface area contributed by atoms with Gasteiger partial charge in [-0.2, -0.15) is 13.5 Å². The van der Waals surface area contributed by atoms with Gasteiger partial charge < -0.3 is 5.21 Å². The van der Waals surface area contributed by atoms with Crippen molar-refractivity contribution < 1.29 is 30.5 Å². The molecule has 0 aliphatic rings. The Bertz CT molecular complexity index is 342. The molecule has 0 aromatic heterocycles. The predicted octanol–water partition coefficient (Wildman–Crippen LogP) is 0.664. The topological polar surface area (TPSA) is 98.1 Å². The van der Waals surface area contributed by atoms with E-state index < -0.39 is 22.5 Å². The number of quaternary nitrogens is 2. The Hall–Kier alpha value is 0.0600. The minimum Gasteiger partial charge on any atom is -0.314 e. The van der Waals surface area contributed by atoms with Crippen LogP contribution in [0.15, 0.2) is 0 Å². The summed E-state index contributed by atoms with van der Waals surface area (Å²) in [6.45, 7) is 10.5.